The summed E-state index contributed by atoms with van der Waals surface area (Å²) in [6.07, 6.45) is 4.89. The van der Waals surface area contributed by atoms with Gasteiger partial charge in [-0.2, -0.15) is 5.26 Å². The van der Waals surface area contributed by atoms with Crippen LogP contribution in [0.2, 0.25) is 0 Å². The van der Waals surface area contributed by atoms with Gasteiger partial charge in [0.05, 0.1) is 17.2 Å². The maximum Gasteiger partial charge on any atom is 0.213 e. The Bertz CT molecular complexity index is 412. The highest BCUT2D eigenvalue weighted by molar-refractivity contribution is 7.89. The third-order valence-electron chi connectivity index (χ3n) is 4.05. The minimum atomic E-state index is -3.07. The summed E-state index contributed by atoms with van der Waals surface area (Å²) in [5, 5.41) is 9.35. The van der Waals surface area contributed by atoms with Crippen LogP contribution in [0.25, 0.3) is 0 Å². The average Bonchev–Trinajstić information content (AvgIpc) is 3.13. The molecule has 0 spiro atoms. The minimum Gasteiger partial charge on any atom is -0.212 e. The predicted octanol–water partition coefficient (Wildman–Crippen LogP) is 1.74. The van der Waals surface area contributed by atoms with Crippen LogP contribution in [0.1, 0.15) is 39.0 Å². The van der Waals surface area contributed by atoms with Crippen LogP contribution in [0.15, 0.2) is 0 Å². The molecular weight excluding hydrogens is 236 g/mol. The Kier molecular flexibility index (Phi) is 3.46. The molecule has 1 saturated carbocycles. The molecule has 0 atom stereocenters. The van der Waals surface area contributed by atoms with Crippen molar-refractivity contribution in [3.8, 4) is 6.07 Å². The van der Waals surface area contributed by atoms with Gasteiger partial charge in [0.2, 0.25) is 10.0 Å². The second-order valence-electron chi connectivity index (χ2n) is 5.34. The van der Waals surface area contributed by atoms with Gasteiger partial charge in [-0.25, -0.2) is 12.7 Å². The minimum absolute atomic E-state index is 0.162. The Morgan fingerprint density at radius 2 is 1.94 bits per heavy atom. The van der Waals surface area contributed by atoms with Crippen LogP contribution in [0.4, 0.5) is 0 Å². The summed E-state index contributed by atoms with van der Waals surface area (Å²) in [4.78, 5) is 0. The smallest absolute Gasteiger partial charge is 0.212 e. The van der Waals surface area contributed by atoms with Crippen molar-refractivity contribution < 1.29 is 8.42 Å². The fraction of sp³-hybridized carbons (Fsp3) is 0.917. The summed E-state index contributed by atoms with van der Waals surface area (Å²) in [5.74, 6) is 0.888. The average molecular weight is 256 g/mol. The van der Waals surface area contributed by atoms with Crippen molar-refractivity contribution in [1.29, 1.82) is 5.26 Å². The molecule has 1 saturated heterocycles. The zero-order valence-corrected chi connectivity index (χ0v) is 11.2. The van der Waals surface area contributed by atoms with E-state index in [-0.39, 0.29) is 11.2 Å². The molecule has 0 radical (unpaired) electrons. The molecular formula is C12H20N2O2S. The van der Waals surface area contributed by atoms with E-state index in [1.807, 2.05) is 0 Å². The molecule has 0 aromatic rings. The number of hydrogen-bond donors (Lipinski definition) is 0. The summed E-state index contributed by atoms with van der Waals surface area (Å²) >= 11 is 0. The van der Waals surface area contributed by atoms with Crippen molar-refractivity contribution in [3.05, 3.63) is 0 Å². The monoisotopic (exact) mass is 256 g/mol. The summed E-state index contributed by atoms with van der Waals surface area (Å²) in [6.45, 7) is 2.72. The molecule has 0 N–H and O–H groups in total. The Labute approximate surface area is 104 Å². The number of hydrogen-bond acceptors (Lipinski definition) is 3. The summed E-state index contributed by atoms with van der Waals surface area (Å²) in [6, 6.07) is 2.46. The first kappa shape index (κ1) is 12.8. The van der Waals surface area contributed by atoms with Crippen molar-refractivity contribution in [2.24, 2.45) is 11.3 Å². The first-order valence-electron chi connectivity index (χ1n) is 6.40. The molecule has 0 aromatic carbocycles. The largest absolute Gasteiger partial charge is 0.213 e. The Morgan fingerprint density at radius 3 is 2.35 bits per heavy atom. The Balaban J connectivity index is 1.98. The van der Waals surface area contributed by atoms with Gasteiger partial charge in [-0.15, -0.1) is 0 Å². The molecule has 0 bridgehead atoms. The lowest BCUT2D eigenvalue weighted by atomic mass is 9.76. The van der Waals surface area contributed by atoms with E-state index in [1.54, 1.807) is 11.2 Å². The first-order valence-corrected chi connectivity index (χ1v) is 8.01. The van der Waals surface area contributed by atoms with Gasteiger partial charge in [-0.1, -0.05) is 12.8 Å². The van der Waals surface area contributed by atoms with Crippen LogP contribution in [0.3, 0.4) is 0 Å². The highest BCUT2D eigenvalue weighted by Crippen LogP contribution is 2.45. The second kappa shape index (κ2) is 4.58. The third kappa shape index (κ3) is 2.80. The number of nitrogens with zero attached hydrogens (tertiary/aromatic N) is 2. The molecule has 4 nitrogen and oxygen atoms in total. The van der Waals surface area contributed by atoms with Crippen LogP contribution >= 0.6 is 0 Å². The van der Waals surface area contributed by atoms with Crippen molar-refractivity contribution in [2.45, 2.75) is 39.0 Å². The number of rotatable bonds is 4. The molecule has 0 amide bonds. The van der Waals surface area contributed by atoms with E-state index < -0.39 is 10.0 Å². The highest BCUT2D eigenvalue weighted by atomic mass is 32.2. The maximum absolute atomic E-state index is 11.7. The topological polar surface area (TPSA) is 61.2 Å². The number of nitriles is 1. The van der Waals surface area contributed by atoms with Crippen molar-refractivity contribution in [1.82, 2.24) is 4.31 Å². The molecule has 5 heteroatoms. The van der Waals surface area contributed by atoms with Crippen molar-refractivity contribution in [3.63, 3.8) is 0 Å². The first-order chi connectivity index (χ1) is 8.01. The van der Waals surface area contributed by atoms with Gasteiger partial charge in [0, 0.05) is 13.1 Å². The number of piperidine rings is 1. The predicted molar refractivity (Wildman–Crippen MR) is 65.7 cm³/mol. The van der Waals surface area contributed by atoms with Gasteiger partial charge in [0.1, 0.15) is 0 Å². The summed E-state index contributed by atoms with van der Waals surface area (Å²) < 4.78 is 25.0. The molecule has 0 unspecified atom stereocenters. The zero-order valence-electron chi connectivity index (χ0n) is 10.4. The number of sulfonamides is 1. The van der Waals surface area contributed by atoms with Crippen LogP contribution in [0.5, 0.6) is 0 Å². The highest BCUT2D eigenvalue weighted by Gasteiger charge is 2.41. The van der Waals surface area contributed by atoms with Crippen molar-refractivity contribution >= 4 is 10.0 Å². The Morgan fingerprint density at radius 1 is 1.35 bits per heavy atom. The lowest BCUT2D eigenvalue weighted by Crippen LogP contribution is -2.43. The van der Waals surface area contributed by atoms with Gasteiger partial charge in [-0.3, -0.25) is 0 Å². The SMILES string of the molecule is CCS(=O)(=O)N1CCC(C#N)(CC2CC2)CC1. The molecule has 2 rings (SSSR count). The fourth-order valence-corrected chi connectivity index (χ4v) is 3.72. The van der Waals surface area contributed by atoms with E-state index >= 15 is 0 Å². The van der Waals surface area contributed by atoms with E-state index in [9.17, 15) is 13.7 Å². The second-order valence-corrected chi connectivity index (χ2v) is 7.60. The van der Waals surface area contributed by atoms with E-state index in [4.69, 9.17) is 0 Å². The zero-order chi connectivity index (χ0) is 12.5. The van der Waals surface area contributed by atoms with Crippen LogP contribution in [-0.4, -0.2) is 31.6 Å². The molecule has 1 heterocycles. The molecule has 2 fully saturated rings. The quantitative estimate of drug-likeness (QED) is 0.769. The lowest BCUT2D eigenvalue weighted by molar-refractivity contribution is 0.193. The van der Waals surface area contributed by atoms with Gasteiger partial charge < -0.3 is 0 Å². The molecule has 0 aromatic heterocycles. The van der Waals surface area contributed by atoms with E-state index in [1.165, 1.54) is 12.8 Å². The Hall–Kier alpha value is -0.600. The van der Waals surface area contributed by atoms with E-state index in [0.29, 0.717) is 25.9 Å². The van der Waals surface area contributed by atoms with Crippen LogP contribution in [-0.2, 0) is 10.0 Å². The van der Waals surface area contributed by atoms with Crippen LogP contribution in [0, 0.1) is 22.7 Å². The van der Waals surface area contributed by atoms with Gasteiger partial charge in [0.15, 0.2) is 0 Å². The maximum atomic E-state index is 11.7. The standard InChI is InChI=1S/C12H20N2O2S/c1-2-17(15,16)14-7-5-12(10-13,6-8-14)9-11-3-4-11/h11H,2-9H2,1H3. The summed E-state index contributed by atoms with van der Waals surface area (Å²) in [7, 11) is -3.07. The molecule has 17 heavy (non-hydrogen) atoms. The van der Waals surface area contributed by atoms with Crippen molar-refractivity contribution in [2.75, 3.05) is 18.8 Å². The molecule has 1 aliphatic carbocycles. The lowest BCUT2D eigenvalue weighted by Gasteiger charge is -2.36. The van der Waals surface area contributed by atoms with Crippen LogP contribution < -0.4 is 0 Å². The van der Waals surface area contributed by atoms with Gasteiger partial charge in [-0.05, 0) is 32.1 Å². The summed E-state index contributed by atoms with van der Waals surface area (Å²) in [5.41, 5.74) is -0.249. The normalized spacial score (nSPS) is 25.4. The van der Waals surface area contributed by atoms with Gasteiger partial charge >= 0.3 is 0 Å². The van der Waals surface area contributed by atoms with Gasteiger partial charge in [0.25, 0.3) is 0 Å². The van der Waals surface area contributed by atoms with E-state index in [2.05, 4.69) is 6.07 Å². The fourth-order valence-electron chi connectivity index (χ4n) is 2.61. The molecule has 96 valence electrons. The molecule has 2 aliphatic rings. The third-order valence-corrected chi connectivity index (χ3v) is 5.93. The molecule has 1 aliphatic heterocycles. The van der Waals surface area contributed by atoms with E-state index in [0.717, 1.165) is 12.3 Å².